The van der Waals surface area contributed by atoms with Crippen LogP contribution in [0.1, 0.15) is 12.8 Å². The fourth-order valence-corrected chi connectivity index (χ4v) is 4.28. The molecule has 1 saturated heterocycles. The number of hydrogen-bond acceptors (Lipinski definition) is 5. The number of fused-ring (bicyclic) bond motifs is 1. The van der Waals surface area contributed by atoms with Gasteiger partial charge >= 0.3 is 0 Å². The summed E-state index contributed by atoms with van der Waals surface area (Å²) in [6.45, 7) is 0.953. The maximum atomic E-state index is 13.6. The van der Waals surface area contributed by atoms with Crippen LogP contribution in [0.5, 0.6) is 10.9 Å². The molecule has 1 fully saturated rings. The van der Waals surface area contributed by atoms with Gasteiger partial charge in [0.1, 0.15) is 11.6 Å². The number of benzene rings is 2. The molecular weight excluding hydrogens is 403 g/mol. The summed E-state index contributed by atoms with van der Waals surface area (Å²) in [6, 6.07) is 11.7. The first-order valence-electron chi connectivity index (χ1n) is 8.97. The zero-order valence-electron chi connectivity index (χ0n) is 14.9. The lowest BCUT2D eigenvalue weighted by Crippen LogP contribution is -2.43. The van der Waals surface area contributed by atoms with Crippen LogP contribution in [0.4, 0.5) is 4.39 Å². The lowest BCUT2D eigenvalue weighted by molar-refractivity contribution is -0.135. The third kappa shape index (κ3) is 4.20. The van der Waals surface area contributed by atoms with Gasteiger partial charge in [0.25, 0.3) is 11.1 Å². The Balaban J connectivity index is 1.28. The van der Waals surface area contributed by atoms with E-state index < -0.39 is 5.82 Å². The van der Waals surface area contributed by atoms with Gasteiger partial charge in [-0.25, -0.2) is 9.37 Å². The fraction of sp³-hybridized carbons (Fsp3) is 0.300. The Hall–Kier alpha value is -2.38. The molecule has 2 aromatic carbocycles. The van der Waals surface area contributed by atoms with E-state index in [1.54, 1.807) is 23.1 Å². The van der Waals surface area contributed by atoms with Gasteiger partial charge in [0.2, 0.25) is 0 Å². The zero-order chi connectivity index (χ0) is 19.5. The highest BCUT2D eigenvalue weighted by Crippen LogP contribution is 2.33. The van der Waals surface area contributed by atoms with Crippen LogP contribution in [0.3, 0.4) is 0 Å². The predicted octanol–water partition coefficient (Wildman–Crippen LogP) is 4.54. The Kier molecular flexibility index (Phi) is 5.64. The molecule has 1 aliphatic heterocycles. The fourth-order valence-electron chi connectivity index (χ4n) is 3.10. The molecule has 0 radical (unpaired) electrons. The first kappa shape index (κ1) is 19.0. The first-order valence-corrected chi connectivity index (χ1v) is 10.2. The average molecular weight is 421 g/mol. The summed E-state index contributed by atoms with van der Waals surface area (Å²) in [4.78, 5) is 18.5. The summed E-state index contributed by atoms with van der Waals surface area (Å²) >= 11 is 7.63. The van der Waals surface area contributed by atoms with Crippen LogP contribution in [0.15, 0.2) is 42.5 Å². The Morgan fingerprint density at radius 3 is 2.75 bits per heavy atom. The van der Waals surface area contributed by atoms with Crippen molar-refractivity contribution in [1.82, 2.24) is 9.88 Å². The molecular formula is C20H18ClFN2O3S. The van der Waals surface area contributed by atoms with Crippen molar-refractivity contribution in [2.45, 2.75) is 18.9 Å². The number of likely N-dealkylation sites (tertiary alicyclic amines) is 1. The van der Waals surface area contributed by atoms with E-state index in [1.807, 2.05) is 12.1 Å². The van der Waals surface area contributed by atoms with Crippen LogP contribution < -0.4 is 9.47 Å². The Morgan fingerprint density at radius 2 is 2.00 bits per heavy atom. The number of thiazole rings is 1. The highest BCUT2D eigenvalue weighted by Gasteiger charge is 2.25. The number of rotatable bonds is 5. The highest BCUT2D eigenvalue weighted by atomic mass is 35.5. The molecule has 0 N–H and O–H groups in total. The van der Waals surface area contributed by atoms with E-state index in [2.05, 4.69) is 4.98 Å². The van der Waals surface area contributed by atoms with Crippen LogP contribution in [0.2, 0.25) is 5.02 Å². The molecule has 1 aromatic heterocycles. The molecule has 0 spiro atoms. The molecule has 146 valence electrons. The normalized spacial score (nSPS) is 15.0. The smallest absolute Gasteiger partial charge is 0.274 e. The molecule has 5 nitrogen and oxygen atoms in total. The molecule has 1 aliphatic rings. The zero-order valence-corrected chi connectivity index (χ0v) is 16.5. The number of hydrogen-bond donors (Lipinski definition) is 0. The van der Waals surface area contributed by atoms with E-state index in [0.717, 1.165) is 10.2 Å². The van der Waals surface area contributed by atoms with E-state index >= 15 is 0 Å². The molecule has 0 unspecified atom stereocenters. The largest absolute Gasteiger partial charge is 0.481 e. The van der Waals surface area contributed by atoms with Gasteiger partial charge < -0.3 is 14.4 Å². The van der Waals surface area contributed by atoms with Gasteiger partial charge in [-0.2, -0.15) is 0 Å². The molecule has 0 atom stereocenters. The van der Waals surface area contributed by atoms with Crippen LogP contribution in [-0.4, -0.2) is 41.6 Å². The molecule has 0 bridgehead atoms. The van der Waals surface area contributed by atoms with Crippen LogP contribution >= 0.6 is 22.9 Å². The van der Waals surface area contributed by atoms with Crippen molar-refractivity contribution in [3.63, 3.8) is 0 Å². The lowest BCUT2D eigenvalue weighted by Gasteiger charge is -2.31. The van der Waals surface area contributed by atoms with Gasteiger partial charge in [-0.15, -0.1) is 0 Å². The van der Waals surface area contributed by atoms with Crippen molar-refractivity contribution < 1.29 is 18.7 Å². The van der Waals surface area contributed by atoms with E-state index in [0.29, 0.717) is 36.1 Å². The topological polar surface area (TPSA) is 51.7 Å². The summed E-state index contributed by atoms with van der Waals surface area (Å²) in [5.41, 5.74) is 0.752. The second kappa shape index (κ2) is 8.32. The SMILES string of the molecule is O=C(COc1ccccc1F)N1CCC(Oc2nc3c(Cl)cccc3s2)CC1. The number of carbonyl (C=O) groups is 1. The quantitative estimate of drug-likeness (QED) is 0.608. The maximum absolute atomic E-state index is 13.6. The maximum Gasteiger partial charge on any atom is 0.274 e. The summed E-state index contributed by atoms with van der Waals surface area (Å²) < 4.78 is 25.8. The number of amides is 1. The Bertz CT molecular complexity index is 988. The molecule has 0 aliphatic carbocycles. The average Bonchev–Trinajstić information content (AvgIpc) is 3.12. The van der Waals surface area contributed by atoms with Gasteiger partial charge in [0.05, 0.1) is 9.72 Å². The molecule has 8 heteroatoms. The van der Waals surface area contributed by atoms with Crippen LogP contribution in [0.25, 0.3) is 10.2 Å². The lowest BCUT2D eigenvalue weighted by atomic mass is 10.1. The van der Waals surface area contributed by atoms with Crippen LogP contribution in [-0.2, 0) is 4.79 Å². The number of ether oxygens (including phenoxy) is 2. The summed E-state index contributed by atoms with van der Waals surface area (Å²) in [7, 11) is 0. The second-order valence-corrected chi connectivity index (χ2v) is 7.88. The minimum atomic E-state index is -0.474. The van der Waals surface area contributed by atoms with Gasteiger partial charge in [0, 0.05) is 25.9 Å². The minimum absolute atomic E-state index is 0.00382. The number of halogens is 2. The number of aromatic nitrogens is 1. The van der Waals surface area contributed by atoms with Gasteiger partial charge in [-0.1, -0.05) is 41.1 Å². The number of nitrogens with zero attached hydrogens (tertiary/aromatic N) is 2. The van der Waals surface area contributed by atoms with E-state index in [-0.39, 0.29) is 24.4 Å². The van der Waals surface area contributed by atoms with E-state index in [1.165, 1.54) is 23.5 Å². The summed E-state index contributed by atoms with van der Waals surface area (Å²) in [5.74, 6) is -0.546. The monoisotopic (exact) mass is 420 g/mol. The molecule has 2 heterocycles. The van der Waals surface area contributed by atoms with Crippen molar-refractivity contribution in [2.24, 2.45) is 0 Å². The third-order valence-corrected chi connectivity index (χ3v) is 5.82. The van der Waals surface area contributed by atoms with Gasteiger partial charge in [0.15, 0.2) is 18.2 Å². The third-order valence-electron chi connectivity index (χ3n) is 4.60. The standard InChI is InChI=1S/C20H18ClFN2O3S/c21-14-4-3-7-17-19(14)23-20(28-17)27-13-8-10-24(11-9-13)18(25)12-26-16-6-2-1-5-15(16)22/h1-7,13H,8-12H2. The van der Waals surface area contributed by atoms with Crippen molar-refractivity contribution in [1.29, 1.82) is 0 Å². The highest BCUT2D eigenvalue weighted by molar-refractivity contribution is 7.20. The summed E-state index contributed by atoms with van der Waals surface area (Å²) in [6.07, 6.45) is 1.40. The van der Waals surface area contributed by atoms with Crippen molar-refractivity contribution in [3.05, 3.63) is 53.3 Å². The van der Waals surface area contributed by atoms with Crippen molar-refractivity contribution in [3.8, 4) is 10.9 Å². The van der Waals surface area contributed by atoms with E-state index in [9.17, 15) is 9.18 Å². The predicted molar refractivity (Wildman–Crippen MR) is 107 cm³/mol. The second-order valence-electron chi connectivity index (χ2n) is 6.48. The first-order chi connectivity index (χ1) is 13.6. The Labute approximate surface area is 170 Å². The van der Waals surface area contributed by atoms with Crippen LogP contribution in [0, 0.1) is 5.82 Å². The van der Waals surface area contributed by atoms with Crippen molar-refractivity contribution in [2.75, 3.05) is 19.7 Å². The van der Waals surface area contributed by atoms with Crippen molar-refractivity contribution >= 4 is 39.1 Å². The molecule has 3 aromatic rings. The number of piperidine rings is 1. The molecule has 1 amide bonds. The Morgan fingerprint density at radius 1 is 1.21 bits per heavy atom. The molecule has 4 rings (SSSR count). The minimum Gasteiger partial charge on any atom is -0.481 e. The molecule has 28 heavy (non-hydrogen) atoms. The van der Waals surface area contributed by atoms with Gasteiger partial charge in [-0.3, -0.25) is 4.79 Å². The number of para-hydroxylation sites is 2. The summed E-state index contributed by atoms with van der Waals surface area (Å²) in [5, 5.41) is 1.20. The van der Waals surface area contributed by atoms with Gasteiger partial charge in [-0.05, 0) is 24.3 Å². The van der Waals surface area contributed by atoms with E-state index in [4.69, 9.17) is 21.1 Å². The molecule has 0 saturated carbocycles. The number of carbonyl (C=O) groups excluding carboxylic acids is 1.